The van der Waals surface area contributed by atoms with Gasteiger partial charge in [-0.15, -0.1) is 0 Å². The fraction of sp³-hybridized carbons (Fsp3) is 0.429. The van der Waals surface area contributed by atoms with Crippen molar-refractivity contribution in [3.63, 3.8) is 0 Å². The van der Waals surface area contributed by atoms with Crippen molar-refractivity contribution in [1.29, 1.82) is 0 Å². The molecule has 2 rings (SSSR count). The number of ether oxygens (including phenoxy) is 1. The molecule has 0 spiro atoms. The summed E-state index contributed by atoms with van der Waals surface area (Å²) in [6.45, 7) is 4.48. The molecule has 0 bridgehead atoms. The van der Waals surface area contributed by atoms with Gasteiger partial charge < -0.3 is 4.74 Å². The van der Waals surface area contributed by atoms with E-state index in [0.29, 0.717) is 6.61 Å². The predicted octanol–water partition coefficient (Wildman–Crippen LogP) is 2.77. The largest absolute Gasteiger partial charge is 0.465 e. The van der Waals surface area contributed by atoms with E-state index in [1.165, 1.54) is 5.56 Å². The molecule has 17 heavy (non-hydrogen) atoms. The molecule has 0 aromatic heterocycles. The minimum absolute atomic E-state index is 0.0876. The second-order valence-electron chi connectivity index (χ2n) is 4.37. The molecule has 1 aliphatic rings. The highest BCUT2D eigenvalue weighted by Crippen LogP contribution is 2.21. The predicted molar refractivity (Wildman–Crippen MR) is 67.0 cm³/mol. The van der Waals surface area contributed by atoms with Gasteiger partial charge in [0.1, 0.15) is 0 Å². The lowest BCUT2D eigenvalue weighted by molar-refractivity contribution is -0.139. The number of cyclic esters (lactones) is 1. The molecule has 3 heteroatoms. The zero-order valence-corrected chi connectivity index (χ0v) is 10.2. The van der Waals surface area contributed by atoms with Crippen LogP contribution < -0.4 is 0 Å². The number of hydrogen-bond donors (Lipinski definition) is 0. The van der Waals surface area contributed by atoms with E-state index in [2.05, 4.69) is 17.1 Å². The SMILES string of the molecule is CC(=N[C@H](C)c1ccccc1)C1CCOC1=O. The number of nitrogens with zero attached hydrogens (tertiary/aromatic N) is 1. The van der Waals surface area contributed by atoms with Gasteiger partial charge in [0.2, 0.25) is 0 Å². The maximum absolute atomic E-state index is 11.4. The van der Waals surface area contributed by atoms with Crippen LogP contribution in [0.5, 0.6) is 0 Å². The highest BCUT2D eigenvalue weighted by Gasteiger charge is 2.29. The number of rotatable bonds is 3. The Morgan fingerprint density at radius 1 is 1.41 bits per heavy atom. The second-order valence-corrected chi connectivity index (χ2v) is 4.37. The molecule has 0 radical (unpaired) electrons. The Labute approximate surface area is 102 Å². The summed E-state index contributed by atoms with van der Waals surface area (Å²) in [5, 5.41) is 0. The molecule has 1 aromatic rings. The molecule has 1 saturated heterocycles. The fourth-order valence-electron chi connectivity index (χ4n) is 2.08. The first-order valence-corrected chi connectivity index (χ1v) is 5.94. The van der Waals surface area contributed by atoms with Crippen LogP contribution in [-0.4, -0.2) is 18.3 Å². The molecule has 1 heterocycles. The molecular formula is C14H17NO2. The van der Waals surface area contributed by atoms with Crippen molar-refractivity contribution in [1.82, 2.24) is 0 Å². The topological polar surface area (TPSA) is 38.7 Å². The summed E-state index contributed by atoms with van der Waals surface area (Å²) in [5.74, 6) is -0.271. The Morgan fingerprint density at radius 3 is 2.71 bits per heavy atom. The summed E-state index contributed by atoms with van der Waals surface area (Å²) in [6.07, 6.45) is 0.760. The lowest BCUT2D eigenvalue weighted by Crippen LogP contribution is -2.17. The van der Waals surface area contributed by atoms with Gasteiger partial charge in [-0.25, -0.2) is 0 Å². The van der Waals surface area contributed by atoms with E-state index in [4.69, 9.17) is 4.74 Å². The first-order valence-electron chi connectivity index (χ1n) is 5.94. The monoisotopic (exact) mass is 231 g/mol. The summed E-state index contributed by atoms with van der Waals surface area (Å²) in [5.41, 5.74) is 2.04. The summed E-state index contributed by atoms with van der Waals surface area (Å²) in [4.78, 5) is 16.0. The molecule has 0 amide bonds. The molecule has 1 fully saturated rings. The average Bonchev–Trinajstić information content (AvgIpc) is 2.76. The Kier molecular flexibility index (Phi) is 3.57. The third-order valence-corrected chi connectivity index (χ3v) is 3.12. The van der Waals surface area contributed by atoms with E-state index in [-0.39, 0.29) is 17.9 Å². The van der Waals surface area contributed by atoms with Crippen molar-refractivity contribution in [2.24, 2.45) is 10.9 Å². The van der Waals surface area contributed by atoms with Gasteiger partial charge in [-0.2, -0.15) is 0 Å². The molecule has 0 saturated carbocycles. The van der Waals surface area contributed by atoms with Crippen LogP contribution in [0.15, 0.2) is 35.3 Å². The summed E-state index contributed by atoms with van der Waals surface area (Å²) in [7, 11) is 0. The van der Waals surface area contributed by atoms with Crippen molar-refractivity contribution < 1.29 is 9.53 Å². The average molecular weight is 231 g/mol. The van der Waals surface area contributed by atoms with Crippen molar-refractivity contribution in [2.45, 2.75) is 26.3 Å². The number of carbonyl (C=O) groups is 1. The highest BCUT2D eigenvalue weighted by atomic mass is 16.5. The molecule has 0 N–H and O–H groups in total. The standard InChI is InChI=1S/C14H17NO2/c1-10(12-6-4-3-5-7-12)15-11(2)13-8-9-17-14(13)16/h3-7,10,13H,8-9H2,1-2H3/t10-,13?/m1/s1. The quantitative estimate of drug-likeness (QED) is 0.592. The molecule has 3 nitrogen and oxygen atoms in total. The number of esters is 1. The van der Waals surface area contributed by atoms with Gasteiger partial charge in [-0.1, -0.05) is 30.3 Å². The molecule has 1 aliphatic heterocycles. The van der Waals surface area contributed by atoms with E-state index in [0.717, 1.165) is 12.1 Å². The Hall–Kier alpha value is -1.64. The first-order chi connectivity index (χ1) is 8.18. The Balaban J connectivity index is 2.11. The normalized spacial score (nSPS) is 22.4. The van der Waals surface area contributed by atoms with E-state index < -0.39 is 0 Å². The van der Waals surface area contributed by atoms with Crippen molar-refractivity contribution in [3.05, 3.63) is 35.9 Å². The zero-order chi connectivity index (χ0) is 12.3. The van der Waals surface area contributed by atoms with Gasteiger partial charge in [0, 0.05) is 12.1 Å². The van der Waals surface area contributed by atoms with Gasteiger partial charge in [0.05, 0.1) is 18.6 Å². The smallest absolute Gasteiger partial charge is 0.314 e. The second kappa shape index (κ2) is 5.13. The molecule has 1 aromatic carbocycles. The van der Waals surface area contributed by atoms with Gasteiger partial charge in [-0.3, -0.25) is 9.79 Å². The van der Waals surface area contributed by atoms with Crippen LogP contribution in [0.1, 0.15) is 31.9 Å². The van der Waals surface area contributed by atoms with Crippen molar-refractivity contribution >= 4 is 11.7 Å². The van der Waals surface area contributed by atoms with Gasteiger partial charge in [0.15, 0.2) is 0 Å². The van der Waals surface area contributed by atoms with Crippen LogP contribution in [0.2, 0.25) is 0 Å². The van der Waals surface area contributed by atoms with Crippen molar-refractivity contribution in [2.75, 3.05) is 6.61 Å². The van der Waals surface area contributed by atoms with E-state index >= 15 is 0 Å². The Bertz CT molecular complexity index is 425. The first kappa shape index (κ1) is 11.8. The third kappa shape index (κ3) is 2.73. The maximum Gasteiger partial charge on any atom is 0.314 e. The van der Waals surface area contributed by atoms with Crippen LogP contribution in [-0.2, 0) is 9.53 Å². The van der Waals surface area contributed by atoms with Crippen LogP contribution in [0.3, 0.4) is 0 Å². The summed E-state index contributed by atoms with van der Waals surface area (Å²) < 4.78 is 4.95. The minimum atomic E-state index is -0.138. The third-order valence-electron chi connectivity index (χ3n) is 3.12. The molecule has 0 aliphatic carbocycles. The lowest BCUT2D eigenvalue weighted by Gasteiger charge is -2.11. The minimum Gasteiger partial charge on any atom is -0.465 e. The van der Waals surface area contributed by atoms with Crippen LogP contribution in [0, 0.1) is 5.92 Å². The molecule has 1 unspecified atom stereocenters. The summed E-state index contributed by atoms with van der Waals surface area (Å²) >= 11 is 0. The molecule has 90 valence electrons. The molecule has 2 atom stereocenters. The number of aliphatic imine (C=N–C) groups is 1. The van der Waals surface area contributed by atoms with Crippen LogP contribution in [0.4, 0.5) is 0 Å². The van der Waals surface area contributed by atoms with Gasteiger partial charge >= 0.3 is 5.97 Å². The van der Waals surface area contributed by atoms with E-state index in [9.17, 15) is 4.79 Å². The highest BCUT2D eigenvalue weighted by molar-refractivity contribution is 6.01. The number of carbonyl (C=O) groups excluding carboxylic acids is 1. The van der Waals surface area contributed by atoms with E-state index in [1.54, 1.807) is 0 Å². The summed E-state index contributed by atoms with van der Waals surface area (Å²) in [6, 6.07) is 10.2. The molecular weight excluding hydrogens is 214 g/mol. The zero-order valence-electron chi connectivity index (χ0n) is 10.2. The van der Waals surface area contributed by atoms with Crippen LogP contribution >= 0.6 is 0 Å². The van der Waals surface area contributed by atoms with Gasteiger partial charge in [0.25, 0.3) is 0 Å². The number of benzene rings is 1. The lowest BCUT2D eigenvalue weighted by atomic mass is 10.0. The van der Waals surface area contributed by atoms with Gasteiger partial charge in [-0.05, 0) is 19.4 Å². The fourth-order valence-corrected chi connectivity index (χ4v) is 2.08. The maximum atomic E-state index is 11.4. The van der Waals surface area contributed by atoms with E-state index in [1.807, 2.05) is 32.0 Å². The van der Waals surface area contributed by atoms with Crippen LogP contribution in [0.25, 0.3) is 0 Å². The van der Waals surface area contributed by atoms with Crippen molar-refractivity contribution in [3.8, 4) is 0 Å². The Morgan fingerprint density at radius 2 is 2.12 bits per heavy atom. The number of hydrogen-bond acceptors (Lipinski definition) is 3.